The molecule has 252 valence electrons. The first kappa shape index (κ1) is 33.7. The third-order valence-electron chi connectivity index (χ3n) is 8.34. The summed E-state index contributed by atoms with van der Waals surface area (Å²) in [6.45, 7) is 4.81. The number of piperidine rings is 1. The van der Waals surface area contributed by atoms with E-state index < -0.39 is 30.6 Å². The maximum Gasteiger partial charge on any atom is 0.416 e. The number of hydrogen-bond acceptors (Lipinski definition) is 9. The molecule has 47 heavy (non-hydrogen) atoms. The van der Waals surface area contributed by atoms with Gasteiger partial charge in [-0.2, -0.15) is 0 Å². The number of aromatic carboxylic acids is 1. The maximum absolute atomic E-state index is 14.1. The number of hydrogen-bond donors (Lipinski definition) is 2. The van der Waals surface area contributed by atoms with Gasteiger partial charge >= 0.3 is 12.1 Å². The Hall–Kier alpha value is -4.62. The predicted octanol–water partition coefficient (Wildman–Crippen LogP) is 5.20. The molecule has 13 heteroatoms. The van der Waals surface area contributed by atoms with Crippen molar-refractivity contribution in [3.8, 4) is 11.5 Å². The SMILES string of the molecule is C=CCOC(=O)N1c2cc(OCCCC(=O)Nc3ccc(C(=O)O)cc3)c(OC)cc2C(=O)N2CCCCC2C1OC1CCCCO1. The number of amides is 3. The van der Waals surface area contributed by atoms with Crippen LogP contribution in [0.2, 0.25) is 0 Å². The van der Waals surface area contributed by atoms with E-state index in [0.717, 1.165) is 25.7 Å². The molecule has 3 unspecified atom stereocenters. The zero-order valence-corrected chi connectivity index (χ0v) is 26.5. The standard InChI is InChI=1S/C34H41N3O10/c1-3-17-46-34(42)37-26-21-28(44-19-8-10-29(38)35-23-14-12-22(13-15-23)33(40)41)27(43-2)20-24(26)31(39)36-16-6-4-9-25(36)32(37)47-30-11-5-7-18-45-30/h3,12-15,20-21,25,30,32H,1,4-11,16-19H2,2H3,(H,35,38)(H,40,41). The molecule has 3 atom stereocenters. The monoisotopic (exact) mass is 651 g/mol. The Morgan fingerprint density at radius 1 is 1.09 bits per heavy atom. The summed E-state index contributed by atoms with van der Waals surface area (Å²) in [6.07, 6.45) is 4.65. The van der Waals surface area contributed by atoms with E-state index in [1.165, 1.54) is 42.4 Å². The normalized spacial score (nSPS) is 20.7. The zero-order valence-electron chi connectivity index (χ0n) is 26.5. The van der Waals surface area contributed by atoms with Crippen LogP contribution in [-0.2, 0) is 19.0 Å². The third kappa shape index (κ3) is 8.03. The highest BCUT2D eigenvalue weighted by Crippen LogP contribution is 2.42. The third-order valence-corrected chi connectivity index (χ3v) is 8.34. The van der Waals surface area contributed by atoms with Crippen LogP contribution >= 0.6 is 0 Å². The largest absolute Gasteiger partial charge is 0.493 e. The van der Waals surface area contributed by atoms with Crippen LogP contribution in [0, 0.1) is 0 Å². The summed E-state index contributed by atoms with van der Waals surface area (Å²) < 4.78 is 29.6. The molecule has 0 aromatic heterocycles. The van der Waals surface area contributed by atoms with Gasteiger partial charge in [0, 0.05) is 31.3 Å². The van der Waals surface area contributed by atoms with Gasteiger partial charge < -0.3 is 39.0 Å². The molecule has 2 aromatic carbocycles. The first-order chi connectivity index (χ1) is 22.8. The summed E-state index contributed by atoms with van der Waals surface area (Å²) in [5, 5.41) is 11.8. The number of nitrogens with one attached hydrogen (secondary N) is 1. The highest BCUT2D eigenvalue weighted by molar-refractivity contribution is 6.06. The number of carboxylic acid groups (broad SMARTS) is 1. The number of ether oxygens (including phenoxy) is 5. The zero-order chi connectivity index (χ0) is 33.3. The Morgan fingerprint density at radius 2 is 1.87 bits per heavy atom. The first-order valence-corrected chi connectivity index (χ1v) is 15.9. The summed E-state index contributed by atoms with van der Waals surface area (Å²) in [4.78, 5) is 54.6. The number of rotatable bonds is 12. The summed E-state index contributed by atoms with van der Waals surface area (Å²) in [5.41, 5.74) is 1.11. The Labute approximate surface area is 273 Å². The molecule has 2 N–H and O–H groups in total. The maximum atomic E-state index is 14.1. The van der Waals surface area contributed by atoms with Gasteiger partial charge in [-0.15, -0.1) is 0 Å². The fourth-order valence-corrected chi connectivity index (χ4v) is 6.02. The molecule has 0 saturated carbocycles. The van der Waals surface area contributed by atoms with Gasteiger partial charge in [0.25, 0.3) is 5.91 Å². The molecule has 3 amide bonds. The van der Waals surface area contributed by atoms with Gasteiger partial charge in [-0.25, -0.2) is 14.5 Å². The van der Waals surface area contributed by atoms with Crippen LogP contribution in [0.3, 0.4) is 0 Å². The van der Waals surface area contributed by atoms with Crippen LogP contribution < -0.4 is 19.7 Å². The van der Waals surface area contributed by atoms with E-state index in [0.29, 0.717) is 43.9 Å². The number of nitrogens with zero attached hydrogens (tertiary/aromatic N) is 2. The van der Waals surface area contributed by atoms with E-state index in [1.807, 2.05) is 0 Å². The number of carbonyl (C=O) groups is 4. The lowest BCUT2D eigenvalue weighted by atomic mass is 10.00. The average Bonchev–Trinajstić information content (AvgIpc) is 3.18. The molecule has 2 fully saturated rings. The van der Waals surface area contributed by atoms with E-state index in [2.05, 4.69) is 11.9 Å². The van der Waals surface area contributed by atoms with Crippen molar-refractivity contribution in [2.24, 2.45) is 0 Å². The van der Waals surface area contributed by atoms with Gasteiger partial charge in [0.15, 0.2) is 24.0 Å². The molecule has 3 aliphatic heterocycles. The van der Waals surface area contributed by atoms with Crippen LogP contribution in [0.15, 0.2) is 49.1 Å². The van der Waals surface area contributed by atoms with Crippen LogP contribution in [0.1, 0.15) is 72.1 Å². The minimum absolute atomic E-state index is 0.0368. The predicted molar refractivity (Wildman–Crippen MR) is 171 cm³/mol. The van der Waals surface area contributed by atoms with E-state index in [4.69, 9.17) is 28.8 Å². The number of methoxy groups -OCH3 is 1. The van der Waals surface area contributed by atoms with Crippen LogP contribution in [0.4, 0.5) is 16.2 Å². The number of anilines is 2. The van der Waals surface area contributed by atoms with Gasteiger partial charge in [0.2, 0.25) is 5.91 Å². The minimum atomic E-state index is -1.05. The van der Waals surface area contributed by atoms with Crippen molar-refractivity contribution in [2.45, 2.75) is 69.9 Å². The quantitative estimate of drug-likeness (QED) is 0.231. The van der Waals surface area contributed by atoms with Crippen molar-refractivity contribution < 1.29 is 48.0 Å². The molecule has 5 rings (SSSR count). The lowest BCUT2D eigenvalue weighted by molar-refractivity contribution is -0.198. The summed E-state index contributed by atoms with van der Waals surface area (Å²) in [7, 11) is 1.46. The van der Waals surface area contributed by atoms with Crippen molar-refractivity contribution >= 4 is 35.3 Å². The summed E-state index contributed by atoms with van der Waals surface area (Å²) >= 11 is 0. The molecular formula is C34H41N3O10. The average molecular weight is 652 g/mol. The summed E-state index contributed by atoms with van der Waals surface area (Å²) in [5.74, 6) is -0.999. The van der Waals surface area contributed by atoms with Gasteiger partial charge in [0.1, 0.15) is 6.61 Å². The number of carboxylic acids is 1. The number of carbonyl (C=O) groups excluding carboxylic acids is 3. The molecule has 3 heterocycles. The molecular weight excluding hydrogens is 610 g/mol. The Morgan fingerprint density at radius 3 is 2.57 bits per heavy atom. The van der Waals surface area contributed by atoms with E-state index in [-0.39, 0.29) is 54.0 Å². The van der Waals surface area contributed by atoms with Crippen molar-refractivity contribution in [2.75, 3.05) is 43.7 Å². The van der Waals surface area contributed by atoms with Crippen LogP contribution in [0.25, 0.3) is 0 Å². The van der Waals surface area contributed by atoms with Crippen molar-refractivity contribution in [1.29, 1.82) is 0 Å². The molecule has 2 saturated heterocycles. The fraction of sp³-hybridized carbons (Fsp3) is 0.471. The Bertz CT molecular complexity index is 1460. The molecule has 0 radical (unpaired) electrons. The molecule has 0 spiro atoms. The minimum Gasteiger partial charge on any atom is -0.493 e. The number of fused-ring (bicyclic) bond motifs is 2. The van der Waals surface area contributed by atoms with Gasteiger partial charge in [-0.1, -0.05) is 12.7 Å². The topological polar surface area (TPSA) is 153 Å². The molecule has 0 bridgehead atoms. The van der Waals surface area contributed by atoms with E-state index >= 15 is 0 Å². The second-order valence-electron chi connectivity index (χ2n) is 11.5. The highest BCUT2D eigenvalue weighted by atomic mass is 16.7. The number of benzene rings is 2. The molecule has 2 aromatic rings. The van der Waals surface area contributed by atoms with Crippen molar-refractivity contribution in [3.63, 3.8) is 0 Å². The van der Waals surface area contributed by atoms with E-state index in [9.17, 15) is 19.2 Å². The van der Waals surface area contributed by atoms with Crippen molar-refractivity contribution in [1.82, 2.24) is 4.90 Å². The highest BCUT2D eigenvalue weighted by Gasteiger charge is 2.46. The summed E-state index contributed by atoms with van der Waals surface area (Å²) in [6, 6.07) is 8.60. The molecule has 13 nitrogen and oxygen atoms in total. The smallest absolute Gasteiger partial charge is 0.416 e. The van der Waals surface area contributed by atoms with Gasteiger partial charge in [0.05, 0.1) is 36.6 Å². The Kier molecular flexibility index (Phi) is 11.3. The Balaban J connectivity index is 1.38. The molecule has 3 aliphatic rings. The fourth-order valence-electron chi connectivity index (χ4n) is 6.02. The van der Waals surface area contributed by atoms with Gasteiger partial charge in [-0.05, 0) is 75.3 Å². The second kappa shape index (κ2) is 15.8. The van der Waals surface area contributed by atoms with Crippen LogP contribution in [-0.4, -0.2) is 85.9 Å². The van der Waals surface area contributed by atoms with Gasteiger partial charge in [-0.3, -0.25) is 9.59 Å². The molecule has 0 aliphatic carbocycles. The lowest BCUT2D eigenvalue weighted by Gasteiger charge is -2.42. The van der Waals surface area contributed by atoms with E-state index in [1.54, 1.807) is 17.0 Å². The lowest BCUT2D eigenvalue weighted by Crippen LogP contribution is -2.57. The second-order valence-corrected chi connectivity index (χ2v) is 11.5. The first-order valence-electron chi connectivity index (χ1n) is 15.9. The van der Waals surface area contributed by atoms with Crippen LogP contribution in [0.5, 0.6) is 11.5 Å². The van der Waals surface area contributed by atoms with Crippen molar-refractivity contribution in [3.05, 3.63) is 60.2 Å².